The van der Waals surface area contributed by atoms with Crippen molar-refractivity contribution in [3.63, 3.8) is 0 Å². The van der Waals surface area contributed by atoms with E-state index in [1.165, 1.54) is 5.56 Å². The fraction of sp³-hybridized carbons (Fsp3) is 0.333. The van der Waals surface area contributed by atoms with E-state index in [1.54, 1.807) is 0 Å². The molecule has 3 heteroatoms. The van der Waals surface area contributed by atoms with Crippen molar-refractivity contribution in [2.75, 3.05) is 6.61 Å². The molecule has 1 aromatic rings. The average Bonchev–Trinajstić information content (AvgIpc) is 2.49. The molecule has 2 nitrogen and oxygen atoms in total. The summed E-state index contributed by atoms with van der Waals surface area (Å²) in [5.41, 5.74) is 2.13. The molecule has 2 rings (SSSR count). The highest BCUT2D eigenvalue weighted by Crippen LogP contribution is 2.31. The predicted molar refractivity (Wildman–Crippen MR) is 49.3 cm³/mol. The van der Waals surface area contributed by atoms with E-state index in [2.05, 4.69) is 15.9 Å². The number of fused-ring (bicyclic) bond motifs is 1. The van der Waals surface area contributed by atoms with Crippen molar-refractivity contribution >= 4 is 15.9 Å². The molecule has 0 atom stereocenters. The number of aliphatic hydroxyl groups is 1. The highest BCUT2D eigenvalue weighted by molar-refractivity contribution is 9.10. The van der Waals surface area contributed by atoms with E-state index in [1.807, 2.05) is 12.1 Å². The zero-order valence-electron chi connectivity index (χ0n) is 6.51. The third-order valence-electron chi connectivity index (χ3n) is 2.03. The molecule has 1 aliphatic heterocycles. The van der Waals surface area contributed by atoms with Gasteiger partial charge in [-0.1, -0.05) is 15.9 Å². The lowest BCUT2D eigenvalue weighted by Crippen LogP contribution is -1.87. The van der Waals surface area contributed by atoms with Gasteiger partial charge in [0.1, 0.15) is 5.75 Å². The summed E-state index contributed by atoms with van der Waals surface area (Å²) in [7, 11) is 0. The summed E-state index contributed by atoms with van der Waals surface area (Å²) >= 11 is 3.37. The van der Waals surface area contributed by atoms with Gasteiger partial charge in [-0.3, -0.25) is 0 Å². The normalized spacial score (nSPS) is 14.2. The smallest absolute Gasteiger partial charge is 0.123 e. The Balaban J connectivity index is 2.49. The maximum atomic E-state index is 8.98. The summed E-state index contributed by atoms with van der Waals surface area (Å²) in [5.74, 6) is 0.944. The minimum absolute atomic E-state index is 0.0772. The van der Waals surface area contributed by atoms with Gasteiger partial charge in [0.25, 0.3) is 0 Å². The monoisotopic (exact) mass is 228 g/mol. The minimum atomic E-state index is 0.0772. The first-order valence-corrected chi connectivity index (χ1v) is 4.65. The molecule has 0 fully saturated rings. The van der Waals surface area contributed by atoms with Crippen LogP contribution in [0.5, 0.6) is 5.75 Å². The van der Waals surface area contributed by atoms with Gasteiger partial charge in [0.15, 0.2) is 0 Å². The standard InChI is InChI=1S/C9H9BrO2/c10-8-4-9-6(1-2-12-9)3-7(8)5-11/h3-4,11H,1-2,5H2. The topological polar surface area (TPSA) is 29.5 Å². The quantitative estimate of drug-likeness (QED) is 0.796. The van der Waals surface area contributed by atoms with Gasteiger partial charge in [0, 0.05) is 10.9 Å². The number of ether oxygens (including phenoxy) is 1. The maximum absolute atomic E-state index is 8.98. The highest BCUT2D eigenvalue weighted by atomic mass is 79.9. The molecule has 0 saturated carbocycles. The predicted octanol–water partition coefficient (Wildman–Crippen LogP) is 1.88. The lowest BCUT2D eigenvalue weighted by atomic mass is 10.1. The lowest BCUT2D eigenvalue weighted by Gasteiger charge is -2.03. The Bertz CT molecular complexity index is 309. The first-order valence-electron chi connectivity index (χ1n) is 3.86. The molecule has 0 amide bonds. The third-order valence-corrected chi connectivity index (χ3v) is 2.77. The van der Waals surface area contributed by atoms with Crippen LogP contribution in [0, 0.1) is 0 Å². The zero-order chi connectivity index (χ0) is 8.55. The van der Waals surface area contributed by atoms with E-state index < -0.39 is 0 Å². The Labute approximate surface area is 79.3 Å². The maximum Gasteiger partial charge on any atom is 0.123 e. The van der Waals surface area contributed by atoms with Crippen LogP contribution in [0.3, 0.4) is 0 Å². The van der Waals surface area contributed by atoms with Crippen molar-refractivity contribution in [3.8, 4) is 5.75 Å². The lowest BCUT2D eigenvalue weighted by molar-refractivity contribution is 0.281. The van der Waals surface area contributed by atoms with Crippen molar-refractivity contribution in [2.24, 2.45) is 0 Å². The van der Waals surface area contributed by atoms with Crippen molar-refractivity contribution in [3.05, 3.63) is 27.7 Å². The molecule has 0 bridgehead atoms. The van der Waals surface area contributed by atoms with E-state index >= 15 is 0 Å². The molecule has 0 aliphatic carbocycles. The van der Waals surface area contributed by atoms with E-state index in [4.69, 9.17) is 9.84 Å². The van der Waals surface area contributed by atoms with Crippen LogP contribution in [0.1, 0.15) is 11.1 Å². The number of hydrogen-bond acceptors (Lipinski definition) is 2. The molecular formula is C9H9BrO2. The minimum Gasteiger partial charge on any atom is -0.493 e. The number of halogens is 1. The summed E-state index contributed by atoms with van der Waals surface area (Å²) in [6.07, 6.45) is 0.954. The fourth-order valence-electron chi connectivity index (χ4n) is 1.37. The Hall–Kier alpha value is -0.540. The van der Waals surface area contributed by atoms with Crippen molar-refractivity contribution < 1.29 is 9.84 Å². The molecule has 0 saturated heterocycles. The number of aliphatic hydroxyl groups excluding tert-OH is 1. The zero-order valence-corrected chi connectivity index (χ0v) is 8.10. The van der Waals surface area contributed by atoms with Gasteiger partial charge in [0.05, 0.1) is 13.2 Å². The molecule has 1 N–H and O–H groups in total. The molecule has 64 valence electrons. The SMILES string of the molecule is OCc1cc2c(cc1Br)OCC2. The van der Waals surface area contributed by atoms with Gasteiger partial charge in [0.2, 0.25) is 0 Å². The molecule has 1 aliphatic rings. The largest absolute Gasteiger partial charge is 0.493 e. The first kappa shape index (κ1) is 8.08. The Morgan fingerprint density at radius 2 is 2.33 bits per heavy atom. The fourth-order valence-corrected chi connectivity index (χ4v) is 1.82. The van der Waals surface area contributed by atoms with Crippen LogP contribution in [0.15, 0.2) is 16.6 Å². The average molecular weight is 229 g/mol. The molecule has 0 aromatic heterocycles. The molecule has 1 aromatic carbocycles. The molecule has 12 heavy (non-hydrogen) atoms. The molecular weight excluding hydrogens is 220 g/mol. The molecule has 0 spiro atoms. The second-order valence-corrected chi connectivity index (χ2v) is 3.66. The second kappa shape index (κ2) is 3.07. The van der Waals surface area contributed by atoms with Gasteiger partial charge in [-0.05, 0) is 23.3 Å². The van der Waals surface area contributed by atoms with Gasteiger partial charge in [-0.15, -0.1) is 0 Å². The Kier molecular flexibility index (Phi) is 2.07. The van der Waals surface area contributed by atoms with Crippen LogP contribution >= 0.6 is 15.9 Å². The van der Waals surface area contributed by atoms with Gasteiger partial charge in [-0.25, -0.2) is 0 Å². The van der Waals surface area contributed by atoms with Gasteiger partial charge in [-0.2, -0.15) is 0 Å². The summed E-state index contributed by atoms with van der Waals surface area (Å²) in [5, 5.41) is 8.98. The van der Waals surface area contributed by atoms with Crippen LogP contribution in [0.25, 0.3) is 0 Å². The van der Waals surface area contributed by atoms with Gasteiger partial charge < -0.3 is 9.84 Å². The summed E-state index contributed by atoms with van der Waals surface area (Å²) in [6, 6.07) is 3.92. The van der Waals surface area contributed by atoms with Crippen LogP contribution in [0.4, 0.5) is 0 Å². The van der Waals surface area contributed by atoms with Crippen molar-refractivity contribution in [2.45, 2.75) is 13.0 Å². The van der Waals surface area contributed by atoms with E-state index in [0.29, 0.717) is 0 Å². The Morgan fingerprint density at radius 3 is 3.08 bits per heavy atom. The highest BCUT2D eigenvalue weighted by Gasteiger charge is 2.14. The molecule has 0 radical (unpaired) electrons. The Morgan fingerprint density at radius 1 is 1.50 bits per heavy atom. The van der Waals surface area contributed by atoms with Crippen molar-refractivity contribution in [1.29, 1.82) is 0 Å². The number of hydrogen-bond donors (Lipinski definition) is 1. The van der Waals surface area contributed by atoms with Gasteiger partial charge >= 0.3 is 0 Å². The first-order chi connectivity index (χ1) is 5.81. The number of benzene rings is 1. The summed E-state index contributed by atoms with van der Waals surface area (Å²) in [6.45, 7) is 0.838. The van der Waals surface area contributed by atoms with Crippen molar-refractivity contribution in [1.82, 2.24) is 0 Å². The summed E-state index contributed by atoms with van der Waals surface area (Å²) < 4.78 is 6.29. The molecule has 1 heterocycles. The van der Waals surface area contributed by atoms with Crippen LogP contribution in [-0.2, 0) is 13.0 Å². The molecule has 0 unspecified atom stereocenters. The van der Waals surface area contributed by atoms with E-state index in [-0.39, 0.29) is 6.61 Å². The summed E-state index contributed by atoms with van der Waals surface area (Å²) in [4.78, 5) is 0. The van der Waals surface area contributed by atoms with E-state index in [0.717, 1.165) is 28.8 Å². The second-order valence-electron chi connectivity index (χ2n) is 2.81. The van der Waals surface area contributed by atoms with Crippen LogP contribution < -0.4 is 4.74 Å². The third kappa shape index (κ3) is 1.23. The van der Waals surface area contributed by atoms with Crippen LogP contribution in [0.2, 0.25) is 0 Å². The van der Waals surface area contributed by atoms with E-state index in [9.17, 15) is 0 Å². The van der Waals surface area contributed by atoms with Crippen LogP contribution in [-0.4, -0.2) is 11.7 Å². The number of rotatable bonds is 1.